The molecule has 2 amide bonds. The molecular formula is C21H18N2O6S. The summed E-state index contributed by atoms with van der Waals surface area (Å²) in [4.78, 5) is 37.4. The van der Waals surface area contributed by atoms with E-state index < -0.39 is 23.9 Å². The van der Waals surface area contributed by atoms with Gasteiger partial charge in [0.1, 0.15) is 17.1 Å². The summed E-state index contributed by atoms with van der Waals surface area (Å²) < 4.78 is 10.4. The first-order valence-electron chi connectivity index (χ1n) is 8.85. The molecule has 0 unspecified atom stereocenters. The van der Waals surface area contributed by atoms with Crippen LogP contribution in [0.25, 0.3) is 6.08 Å². The number of methoxy groups -OCH3 is 1. The van der Waals surface area contributed by atoms with E-state index in [0.717, 1.165) is 0 Å². The number of benzene rings is 2. The Hall–Kier alpha value is -3.72. The standard InChI is InChI=1S/C21H18N2O6S/c1-12(20(26)27)29-16-7-3-13(4-8-16)11-17-18(24)22-21(30)23(19(17)25)14-5-9-15(28-2)10-6-14/h3-12H,1-2H3,(H,26,27)(H,22,24,30)/b17-11+/t12-/m1/s1. The van der Waals surface area contributed by atoms with Gasteiger partial charge in [-0.3, -0.25) is 19.8 Å². The van der Waals surface area contributed by atoms with Gasteiger partial charge in [0.25, 0.3) is 11.8 Å². The van der Waals surface area contributed by atoms with E-state index in [1.54, 1.807) is 48.5 Å². The van der Waals surface area contributed by atoms with E-state index in [-0.39, 0.29) is 10.7 Å². The molecule has 3 rings (SSSR count). The molecule has 0 bridgehead atoms. The minimum atomic E-state index is -1.08. The van der Waals surface area contributed by atoms with Crippen LogP contribution in [0.2, 0.25) is 0 Å². The maximum atomic E-state index is 13.0. The second kappa shape index (κ2) is 8.75. The predicted octanol–water partition coefficient (Wildman–Crippen LogP) is 2.38. The Morgan fingerprint density at radius 1 is 1.10 bits per heavy atom. The van der Waals surface area contributed by atoms with Crippen molar-refractivity contribution in [3.8, 4) is 11.5 Å². The smallest absolute Gasteiger partial charge is 0.344 e. The van der Waals surface area contributed by atoms with Crippen LogP contribution in [0.3, 0.4) is 0 Å². The Balaban J connectivity index is 1.85. The van der Waals surface area contributed by atoms with Crippen molar-refractivity contribution in [2.24, 2.45) is 0 Å². The molecule has 0 radical (unpaired) electrons. The summed E-state index contributed by atoms with van der Waals surface area (Å²) in [6.07, 6.45) is 0.430. The van der Waals surface area contributed by atoms with Gasteiger partial charge in [0.05, 0.1) is 12.8 Å². The van der Waals surface area contributed by atoms with Gasteiger partial charge < -0.3 is 14.6 Å². The highest BCUT2D eigenvalue weighted by Crippen LogP contribution is 2.25. The number of aliphatic carboxylic acids is 1. The summed E-state index contributed by atoms with van der Waals surface area (Å²) in [5.74, 6) is -1.27. The number of carboxylic acid groups (broad SMARTS) is 1. The minimum absolute atomic E-state index is 0.0151. The average Bonchev–Trinajstić information content (AvgIpc) is 2.72. The van der Waals surface area contributed by atoms with Crippen molar-refractivity contribution in [1.82, 2.24) is 5.32 Å². The first kappa shape index (κ1) is 21.0. The van der Waals surface area contributed by atoms with Crippen LogP contribution in [0.5, 0.6) is 11.5 Å². The summed E-state index contributed by atoms with van der Waals surface area (Å²) in [7, 11) is 1.53. The molecule has 1 aliphatic heterocycles. The zero-order valence-electron chi connectivity index (χ0n) is 16.1. The molecule has 1 atom stereocenters. The second-order valence-corrected chi connectivity index (χ2v) is 6.71. The number of nitrogens with zero attached hydrogens (tertiary/aromatic N) is 1. The zero-order valence-corrected chi connectivity index (χ0v) is 16.9. The Labute approximate surface area is 177 Å². The number of carboxylic acids is 1. The van der Waals surface area contributed by atoms with Crippen molar-refractivity contribution in [3.63, 3.8) is 0 Å². The van der Waals surface area contributed by atoms with Gasteiger partial charge in [0.2, 0.25) is 0 Å². The molecule has 0 aromatic heterocycles. The lowest BCUT2D eigenvalue weighted by molar-refractivity contribution is -0.144. The molecule has 154 valence electrons. The molecule has 1 heterocycles. The molecular weight excluding hydrogens is 408 g/mol. The van der Waals surface area contributed by atoms with Crippen LogP contribution in [0.4, 0.5) is 5.69 Å². The first-order chi connectivity index (χ1) is 14.3. The normalized spacial score (nSPS) is 16.3. The molecule has 2 aromatic rings. The summed E-state index contributed by atoms with van der Waals surface area (Å²) in [6, 6.07) is 13.0. The Morgan fingerprint density at radius 2 is 1.70 bits per heavy atom. The van der Waals surface area contributed by atoms with E-state index >= 15 is 0 Å². The van der Waals surface area contributed by atoms with Crippen molar-refractivity contribution in [1.29, 1.82) is 0 Å². The molecule has 8 nitrogen and oxygen atoms in total. The highest BCUT2D eigenvalue weighted by molar-refractivity contribution is 7.80. The maximum Gasteiger partial charge on any atom is 0.344 e. The Morgan fingerprint density at radius 3 is 2.27 bits per heavy atom. The quantitative estimate of drug-likeness (QED) is 0.415. The van der Waals surface area contributed by atoms with Crippen LogP contribution in [0, 0.1) is 0 Å². The van der Waals surface area contributed by atoms with Crippen LogP contribution in [-0.2, 0) is 14.4 Å². The summed E-state index contributed by atoms with van der Waals surface area (Å²) in [5.41, 5.74) is 0.960. The number of thiocarbonyl (C=S) groups is 1. The van der Waals surface area contributed by atoms with E-state index in [2.05, 4.69) is 5.32 Å². The van der Waals surface area contributed by atoms with Gasteiger partial charge in [-0.15, -0.1) is 0 Å². The number of hydrogen-bond donors (Lipinski definition) is 2. The van der Waals surface area contributed by atoms with E-state index in [1.165, 1.54) is 25.0 Å². The fourth-order valence-corrected chi connectivity index (χ4v) is 2.97. The van der Waals surface area contributed by atoms with Gasteiger partial charge in [0, 0.05) is 0 Å². The number of nitrogens with one attached hydrogen (secondary N) is 1. The second-order valence-electron chi connectivity index (χ2n) is 6.32. The highest BCUT2D eigenvalue weighted by Gasteiger charge is 2.34. The molecule has 1 saturated heterocycles. The molecule has 0 spiro atoms. The van der Waals surface area contributed by atoms with Crippen molar-refractivity contribution in [2.45, 2.75) is 13.0 Å². The van der Waals surface area contributed by atoms with Crippen molar-refractivity contribution < 1.29 is 29.0 Å². The molecule has 1 aliphatic rings. The molecule has 0 saturated carbocycles. The molecule has 9 heteroatoms. The van der Waals surface area contributed by atoms with Crippen LogP contribution in [-0.4, -0.2) is 41.2 Å². The summed E-state index contributed by atoms with van der Waals surface area (Å²) >= 11 is 5.17. The van der Waals surface area contributed by atoms with E-state index in [1.807, 2.05) is 0 Å². The Bertz CT molecular complexity index is 1030. The number of amides is 2. The largest absolute Gasteiger partial charge is 0.497 e. The van der Waals surface area contributed by atoms with Gasteiger partial charge in [0.15, 0.2) is 11.2 Å². The van der Waals surface area contributed by atoms with E-state index in [4.69, 9.17) is 26.8 Å². The fraction of sp³-hybridized carbons (Fsp3) is 0.143. The molecule has 1 fully saturated rings. The summed E-state index contributed by atoms with van der Waals surface area (Å²) in [6.45, 7) is 1.42. The van der Waals surface area contributed by atoms with Gasteiger partial charge in [-0.05, 0) is 67.2 Å². The first-order valence-corrected chi connectivity index (χ1v) is 9.26. The van der Waals surface area contributed by atoms with Crippen LogP contribution < -0.4 is 19.7 Å². The number of carbonyl (C=O) groups is 3. The van der Waals surface area contributed by atoms with Crippen molar-refractivity contribution >= 4 is 46.9 Å². The average molecular weight is 426 g/mol. The maximum absolute atomic E-state index is 13.0. The monoisotopic (exact) mass is 426 g/mol. The van der Waals surface area contributed by atoms with Gasteiger partial charge in [-0.25, -0.2) is 4.79 Å². The van der Waals surface area contributed by atoms with Crippen LogP contribution in [0.15, 0.2) is 54.1 Å². The topological polar surface area (TPSA) is 105 Å². The van der Waals surface area contributed by atoms with Gasteiger partial charge >= 0.3 is 5.97 Å². The van der Waals surface area contributed by atoms with Gasteiger partial charge in [-0.2, -0.15) is 0 Å². The lowest BCUT2D eigenvalue weighted by atomic mass is 10.1. The molecule has 2 aromatic carbocycles. The molecule has 0 aliphatic carbocycles. The fourth-order valence-electron chi connectivity index (χ4n) is 2.69. The third-order valence-corrected chi connectivity index (χ3v) is 4.57. The highest BCUT2D eigenvalue weighted by atomic mass is 32.1. The SMILES string of the molecule is COc1ccc(N2C(=O)/C(=C/c3ccc(O[C@H](C)C(=O)O)cc3)C(=O)NC2=S)cc1. The van der Waals surface area contributed by atoms with Crippen LogP contribution in [0.1, 0.15) is 12.5 Å². The lowest BCUT2D eigenvalue weighted by Crippen LogP contribution is -2.54. The number of carbonyl (C=O) groups excluding carboxylic acids is 2. The van der Waals surface area contributed by atoms with Crippen LogP contribution >= 0.6 is 12.2 Å². The van der Waals surface area contributed by atoms with Gasteiger partial charge in [-0.1, -0.05) is 12.1 Å². The third kappa shape index (κ3) is 4.47. The van der Waals surface area contributed by atoms with E-state index in [9.17, 15) is 14.4 Å². The number of hydrogen-bond acceptors (Lipinski definition) is 6. The number of ether oxygens (including phenoxy) is 2. The Kier molecular flexibility index (Phi) is 6.12. The minimum Gasteiger partial charge on any atom is -0.497 e. The predicted molar refractivity (Wildman–Crippen MR) is 113 cm³/mol. The third-order valence-electron chi connectivity index (χ3n) is 4.28. The summed E-state index contributed by atoms with van der Waals surface area (Å²) in [5, 5.41) is 11.4. The number of rotatable bonds is 6. The molecule has 2 N–H and O–H groups in total. The van der Waals surface area contributed by atoms with E-state index in [0.29, 0.717) is 22.7 Å². The molecule has 30 heavy (non-hydrogen) atoms. The number of anilines is 1. The zero-order chi connectivity index (χ0) is 21.8. The lowest BCUT2D eigenvalue weighted by Gasteiger charge is -2.29. The van der Waals surface area contributed by atoms with Crippen molar-refractivity contribution in [3.05, 3.63) is 59.7 Å². The van der Waals surface area contributed by atoms with Crippen molar-refractivity contribution in [2.75, 3.05) is 12.0 Å².